The first-order valence-corrected chi connectivity index (χ1v) is 7.51. The van der Waals surface area contributed by atoms with Crippen molar-refractivity contribution in [2.24, 2.45) is 5.92 Å². The molecule has 1 aromatic heterocycles. The van der Waals surface area contributed by atoms with Gasteiger partial charge in [-0.3, -0.25) is 0 Å². The fourth-order valence-corrected chi connectivity index (χ4v) is 2.50. The quantitative estimate of drug-likeness (QED) is 0.558. The van der Waals surface area contributed by atoms with Gasteiger partial charge in [-0.15, -0.1) is 5.92 Å². The predicted octanol–water partition coefficient (Wildman–Crippen LogP) is 4.54. The maximum Gasteiger partial charge on any atom is 0.127 e. The molecule has 21 heavy (non-hydrogen) atoms. The Morgan fingerprint density at radius 2 is 2.14 bits per heavy atom. The predicted molar refractivity (Wildman–Crippen MR) is 86.9 cm³/mol. The molecule has 112 valence electrons. The smallest absolute Gasteiger partial charge is 0.127 e. The Kier molecular flexibility index (Phi) is 5.47. The van der Waals surface area contributed by atoms with Crippen molar-refractivity contribution in [3.8, 4) is 11.8 Å². The lowest BCUT2D eigenvalue weighted by molar-refractivity contribution is 0.192. The lowest BCUT2D eigenvalue weighted by atomic mass is 9.91. The number of allylic oxidation sites excluding steroid dienone is 1. The molecule has 0 aromatic carbocycles. The number of aryl methyl sites for hydroxylation is 1. The lowest BCUT2D eigenvalue weighted by Crippen LogP contribution is -2.06. The molecular formula is C19H24O2. The average Bonchev–Trinajstić information content (AvgIpc) is 2.75. The SMILES string of the molecule is C=C(C)C1CCC#CCOC/C(C)=C/c2cc(C)c(o2)C1. The maximum absolute atomic E-state index is 6.00. The van der Waals surface area contributed by atoms with E-state index in [4.69, 9.17) is 9.15 Å². The van der Waals surface area contributed by atoms with Gasteiger partial charge in [0.1, 0.15) is 18.1 Å². The second kappa shape index (κ2) is 7.33. The minimum absolute atomic E-state index is 0.422. The van der Waals surface area contributed by atoms with Gasteiger partial charge in [0.05, 0.1) is 6.61 Å². The van der Waals surface area contributed by atoms with Crippen molar-refractivity contribution in [3.63, 3.8) is 0 Å². The number of ether oxygens (including phenoxy) is 1. The fourth-order valence-electron chi connectivity index (χ4n) is 2.50. The largest absolute Gasteiger partial charge is 0.461 e. The van der Waals surface area contributed by atoms with E-state index in [1.54, 1.807) is 0 Å². The minimum atomic E-state index is 0.422. The molecule has 0 fully saturated rings. The summed E-state index contributed by atoms with van der Waals surface area (Å²) in [5, 5.41) is 0. The summed E-state index contributed by atoms with van der Waals surface area (Å²) in [6.45, 7) is 11.5. The Morgan fingerprint density at radius 3 is 2.90 bits per heavy atom. The zero-order chi connectivity index (χ0) is 15.2. The summed E-state index contributed by atoms with van der Waals surface area (Å²) in [6, 6.07) is 2.10. The van der Waals surface area contributed by atoms with E-state index in [2.05, 4.69) is 38.3 Å². The Labute approximate surface area is 127 Å². The van der Waals surface area contributed by atoms with Gasteiger partial charge < -0.3 is 9.15 Å². The van der Waals surface area contributed by atoms with Gasteiger partial charge in [0.15, 0.2) is 0 Å². The fraction of sp³-hybridized carbons (Fsp3) is 0.474. The molecule has 2 bridgehead atoms. The highest BCUT2D eigenvalue weighted by atomic mass is 16.5. The van der Waals surface area contributed by atoms with Gasteiger partial charge in [0.25, 0.3) is 0 Å². The van der Waals surface area contributed by atoms with E-state index in [0.717, 1.165) is 36.4 Å². The number of fused-ring (bicyclic) bond motifs is 2. The van der Waals surface area contributed by atoms with Gasteiger partial charge in [-0.1, -0.05) is 18.1 Å². The molecule has 1 unspecified atom stereocenters. The van der Waals surface area contributed by atoms with E-state index in [1.165, 1.54) is 11.1 Å². The summed E-state index contributed by atoms with van der Waals surface area (Å²) >= 11 is 0. The molecule has 1 aromatic rings. The van der Waals surface area contributed by atoms with E-state index in [-0.39, 0.29) is 0 Å². The van der Waals surface area contributed by atoms with Gasteiger partial charge in [-0.2, -0.15) is 0 Å². The van der Waals surface area contributed by atoms with Crippen LogP contribution in [-0.4, -0.2) is 13.2 Å². The van der Waals surface area contributed by atoms with Gasteiger partial charge >= 0.3 is 0 Å². The van der Waals surface area contributed by atoms with E-state index < -0.39 is 0 Å². The van der Waals surface area contributed by atoms with Crippen molar-refractivity contribution in [1.29, 1.82) is 0 Å². The van der Waals surface area contributed by atoms with Crippen LogP contribution in [0.4, 0.5) is 0 Å². The summed E-state index contributed by atoms with van der Waals surface area (Å²) in [4.78, 5) is 0. The zero-order valence-electron chi connectivity index (χ0n) is 13.3. The number of furan rings is 1. The van der Waals surface area contributed by atoms with Crippen molar-refractivity contribution in [2.45, 2.75) is 40.0 Å². The number of hydrogen-bond acceptors (Lipinski definition) is 2. The minimum Gasteiger partial charge on any atom is -0.461 e. The van der Waals surface area contributed by atoms with Crippen LogP contribution in [0.2, 0.25) is 0 Å². The molecule has 1 aliphatic rings. The van der Waals surface area contributed by atoms with Gasteiger partial charge in [-0.25, -0.2) is 0 Å². The van der Waals surface area contributed by atoms with Crippen LogP contribution >= 0.6 is 0 Å². The lowest BCUT2D eigenvalue weighted by Gasteiger charge is -2.14. The molecule has 0 aliphatic carbocycles. The normalized spacial score (nSPS) is 22.4. The highest BCUT2D eigenvalue weighted by molar-refractivity contribution is 5.49. The van der Waals surface area contributed by atoms with E-state index in [0.29, 0.717) is 19.1 Å². The first-order chi connectivity index (χ1) is 10.1. The monoisotopic (exact) mass is 284 g/mol. The summed E-state index contributed by atoms with van der Waals surface area (Å²) in [6.07, 6.45) is 4.85. The summed E-state index contributed by atoms with van der Waals surface area (Å²) < 4.78 is 11.5. The Morgan fingerprint density at radius 1 is 1.33 bits per heavy atom. The van der Waals surface area contributed by atoms with E-state index in [1.807, 2.05) is 13.0 Å². The van der Waals surface area contributed by atoms with Crippen LogP contribution < -0.4 is 0 Å². The van der Waals surface area contributed by atoms with E-state index >= 15 is 0 Å². The molecule has 0 spiro atoms. The first kappa shape index (κ1) is 15.7. The molecule has 0 N–H and O–H groups in total. The topological polar surface area (TPSA) is 22.4 Å². The molecule has 2 rings (SSSR count). The molecule has 1 atom stereocenters. The Balaban J connectivity index is 2.27. The van der Waals surface area contributed by atoms with Crippen LogP contribution in [-0.2, 0) is 11.2 Å². The third-order valence-electron chi connectivity index (χ3n) is 3.80. The molecule has 2 heterocycles. The standard InChI is InChI=1S/C19H24O2/c1-14(2)17-8-6-5-7-9-20-13-15(3)10-18-11-16(4)19(12-17)21-18/h10-11,17H,1,6,8-9,12-13H2,2-4H3/b15-10+. The van der Waals surface area contributed by atoms with Crippen molar-refractivity contribution in [3.05, 3.63) is 40.9 Å². The van der Waals surface area contributed by atoms with Crippen molar-refractivity contribution >= 4 is 6.08 Å². The van der Waals surface area contributed by atoms with Crippen molar-refractivity contribution in [2.75, 3.05) is 13.2 Å². The van der Waals surface area contributed by atoms with Gasteiger partial charge in [0, 0.05) is 12.8 Å². The average molecular weight is 284 g/mol. The molecule has 2 nitrogen and oxygen atoms in total. The summed E-state index contributed by atoms with van der Waals surface area (Å²) in [5.41, 5.74) is 3.55. The van der Waals surface area contributed by atoms with Crippen LogP contribution in [0.1, 0.15) is 43.8 Å². The molecule has 0 saturated carbocycles. The van der Waals surface area contributed by atoms with Crippen LogP contribution in [0.3, 0.4) is 0 Å². The molecule has 0 amide bonds. The number of rotatable bonds is 1. The van der Waals surface area contributed by atoms with Gasteiger partial charge in [0.2, 0.25) is 0 Å². The number of hydrogen-bond donors (Lipinski definition) is 0. The summed E-state index contributed by atoms with van der Waals surface area (Å²) in [7, 11) is 0. The van der Waals surface area contributed by atoms with Gasteiger partial charge in [-0.05, 0) is 56.4 Å². The molecule has 0 radical (unpaired) electrons. The highest BCUT2D eigenvalue weighted by Crippen LogP contribution is 2.25. The van der Waals surface area contributed by atoms with Crippen molar-refractivity contribution < 1.29 is 9.15 Å². The molecule has 1 aliphatic heterocycles. The zero-order valence-corrected chi connectivity index (χ0v) is 13.3. The second-order valence-corrected chi connectivity index (χ2v) is 5.88. The summed E-state index contributed by atoms with van der Waals surface area (Å²) in [5.74, 6) is 8.66. The molecule has 0 saturated heterocycles. The van der Waals surface area contributed by atoms with Crippen LogP contribution in [0, 0.1) is 24.7 Å². The third-order valence-corrected chi connectivity index (χ3v) is 3.80. The first-order valence-electron chi connectivity index (χ1n) is 7.51. The molecular weight excluding hydrogens is 260 g/mol. The molecule has 2 heteroatoms. The highest BCUT2D eigenvalue weighted by Gasteiger charge is 2.15. The second-order valence-electron chi connectivity index (χ2n) is 5.88. The third kappa shape index (κ3) is 4.65. The van der Waals surface area contributed by atoms with Crippen LogP contribution in [0.25, 0.3) is 6.08 Å². The van der Waals surface area contributed by atoms with Crippen LogP contribution in [0.5, 0.6) is 0 Å². The van der Waals surface area contributed by atoms with Crippen molar-refractivity contribution in [1.82, 2.24) is 0 Å². The maximum atomic E-state index is 6.00. The Bertz CT molecular complexity index is 593. The Hall–Kier alpha value is -1.72. The van der Waals surface area contributed by atoms with Crippen LogP contribution in [0.15, 0.2) is 28.2 Å². The van der Waals surface area contributed by atoms with E-state index in [9.17, 15) is 0 Å².